The highest BCUT2D eigenvalue weighted by Crippen LogP contribution is 2.23. The molecule has 0 radical (unpaired) electrons. The molecule has 1 aromatic heterocycles. The highest BCUT2D eigenvalue weighted by molar-refractivity contribution is 7.89. The Morgan fingerprint density at radius 3 is 2.80 bits per heavy atom. The van der Waals surface area contributed by atoms with E-state index in [9.17, 15) is 13.5 Å². The van der Waals surface area contributed by atoms with Crippen molar-refractivity contribution in [1.29, 1.82) is 0 Å². The molecule has 2 aromatic rings. The molecule has 0 aliphatic heterocycles. The van der Waals surface area contributed by atoms with Crippen molar-refractivity contribution in [2.24, 2.45) is 5.92 Å². The van der Waals surface area contributed by atoms with E-state index in [0.29, 0.717) is 13.0 Å². The summed E-state index contributed by atoms with van der Waals surface area (Å²) in [6, 6.07) is 5.11. The molecule has 6 heteroatoms. The maximum Gasteiger partial charge on any atom is 0.211 e. The van der Waals surface area contributed by atoms with Crippen LogP contribution in [0.15, 0.2) is 24.4 Å². The third-order valence-electron chi connectivity index (χ3n) is 3.02. The van der Waals surface area contributed by atoms with Crippen molar-refractivity contribution in [3.8, 4) is 5.75 Å². The van der Waals surface area contributed by atoms with E-state index in [0.717, 1.165) is 16.5 Å². The molecule has 5 nitrogen and oxygen atoms in total. The first-order valence-corrected chi connectivity index (χ1v) is 8.29. The Morgan fingerprint density at radius 2 is 2.10 bits per heavy atom. The molecule has 0 amide bonds. The van der Waals surface area contributed by atoms with E-state index in [2.05, 4.69) is 9.71 Å². The molecular formula is C14H20N2O3S. The molecule has 3 N–H and O–H groups in total. The van der Waals surface area contributed by atoms with Gasteiger partial charge in [0.2, 0.25) is 10.0 Å². The summed E-state index contributed by atoms with van der Waals surface area (Å²) in [5, 5.41) is 10.4. The Balaban J connectivity index is 2.01. The van der Waals surface area contributed by atoms with Gasteiger partial charge in [-0.25, -0.2) is 13.1 Å². The second-order valence-electron chi connectivity index (χ2n) is 5.36. The zero-order valence-electron chi connectivity index (χ0n) is 11.7. The van der Waals surface area contributed by atoms with E-state index >= 15 is 0 Å². The number of benzene rings is 1. The first-order chi connectivity index (χ1) is 9.37. The van der Waals surface area contributed by atoms with Crippen LogP contribution in [0.3, 0.4) is 0 Å². The van der Waals surface area contributed by atoms with E-state index in [4.69, 9.17) is 0 Å². The monoisotopic (exact) mass is 296 g/mol. The number of aromatic hydroxyl groups is 1. The maximum absolute atomic E-state index is 11.7. The van der Waals surface area contributed by atoms with Crippen LogP contribution in [0.2, 0.25) is 0 Å². The predicted octanol–water partition coefficient (Wildman–Crippen LogP) is 1.99. The summed E-state index contributed by atoms with van der Waals surface area (Å²) in [6.07, 6.45) is 2.43. The topological polar surface area (TPSA) is 82.2 Å². The van der Waals surface area contributed by atoms with Gasteiger partial charge in [0.25, 0.3) is 0 Å². The lowest BCUT2D eigenvalue weighted by Crippen LogP contribution is -2.30. The molecular weight excluding hydrogens is 276 g/mol. The van der Waals surface area contributed by atoms with Crippen LogP contribution in [0.5, 0.6) is 5.75 Å². The first kappa shape index (κ1) is 14.9. The van der Waals surface area contributed by atoms with Gasteiger partial charge in [0.15, 0.2) is 0 Å². The Morgan fingerprint density at radius 1 is 1.35 bits per heavy atom. The summed E-state index contributed by atoms with van der Waals surface area (Å²) in [5.74, 6) is 0.457. The quantitative estimate of drug-likeness (QED) is 0.762. The van der Waals surface area contributed by atoms with Gasteiger partial charge in [-0.1, -0.05) is 13.8 Å². The standard InChI is InChI=1S/C14H20N2O3S/c1-10(2)9-20(18,19)16-6-5-11-8-15-14-4-3-12(17)7-13(11)14/h3-4,7-8,10,15-17H,5-6,9H2,1-2H3. The fourth-order valence-corrected chi connectivity index (χ4v) is 3.62. The van der Waals surface area contributed by atoms with Crippen molar-refractivity contribution in [2.45, 2.75) is 20.3 Å². The van der Waals surface area contributed by atoms with Gasteiger partial charge in [-0.15, -0.1) is 0 Å². The Hall–Kier alpha value is -1.53. The normalized spacial score (nSPS) is 12.3. The van der Waals surface area contributed by atoms with Crippen LogP contribution in [-0.2, 0) is 16.4 Å². The van der Waals surface area contributed by atoms with Gasteiger partial charge in [-0.3, -0.25) is 0 Å². The van der Waals surface area contributed by atoms with Crippen molar-refractivity contribution in [3.05, 3.63) is 30.0 Å². The van der Waals surface area contributed by atoms with E-state index in [1.165, 1.54) is 0 Å². The number of hydrogen-bond acceptors (Lipinski definition) is 3. The molecule has 1 aromatic carbocycles. The number of aromatic nitrogens is 1. The molecule has 2 rings (SSSR count). The van der Waals surface area contributed by atoms with Gasteiger partial charge >= 0.3 is 0 Å². The van der Waals surface area contributed by atoms with Gasteiger partial charge in [0, 0.05) is 23.6 Å². The molecule has 0 spiro atoms. The molecule has 0 bridgehead atoms. The van der Waals surface area contributed by atoms with Gasteiger partial charge in [0.1, 0.15) is 5.75 Å². The SMILES string of the molecule is CC(C)CS(=O)(=O)NCCc1c[nH]c2ccc(O)cc12. The van der Waals surface area contributed by atoms with Gasteiger partial charge in [-0.2, -0.15) is 0 Å². The summed E-state index contributed by atoms with van der Waals surface area (Å²) in [5.41, 5.74) is 1.92. The number of phenols is 1. The fraction of sp³-hybridized carbons (Fsp3) is 0.429. The average molecular weight is 296 g/mol. The molecule has 0 saturated carbocycles. The highest BCUT2D eigenvalue weighted by atomic mass is 32.2. The Bertz CT molecular complexity index is 690. The van der Waals surface area contributed by atoms with Crippen molar-refractivity contribution >= 4 is 20.9 Å². The zero-order chi connectivity index (χ0) is 14.8. The molecule has 0 aliphatic rings. The largest absolute Gasteiger partial charge is 0.508 e. The van der Waals surface area contributed by atoms with Crippen molar-refractivity contribution in [2.75, 3.05) is 12.3 Å². The summed E-state index contributed by atoms with van der Waals surface area (Å²) in [7, 11) is -3.21. The number of sulfonamides is 1. The minimum atomic E-state index is -3.21. The van der Waals surface area contributed by atoms with Crippen LogP contribution in [0.25, 0.3) is 10.9 Å². The van der Waals surface area contributed by atoms with E-state index in [1.54, 1.807) is 18.2 Å². The lowest BCUT2D eigenvalue weighted by atomic mass is 10.1. The lowest BCUT2D eigenvalue weighted by molar-refractivity contribution is 0.476. The summed E-state index contributed by atoms with van der Waals surface area (Å²) in [6.45, 7) is 4.11. The van der Waals surface area contributed by atoms with Crippen molar-refractivity contribution < 1.29 is 13.5 Å². The Labute approximate surface area is 119 Å². The van der Waals surface area contributed by atoms with Gasteiger partial charge in [0.05, 0.1) is 5.75 Å². The summed E-state index contributed by atoms with van der Waals surface area (Å²) < 4.78 is 26.1. The molecule has 0 atom stereocenters. The van der Waals surface area contributed by atoms with Gasteiger partial charge < -0.3 is 10.1 Å². The van der Waals surface area contributed by atoms with Crippen molar-refractivity contribution in [1.82, 2.24) is 9.71 Å². The highest BCUT2D eigenvalue weighted by Gasteiger charge is 2.12. The zero-order valence-corrected chi connectivity index (χ0v) is 12.5. The number of aromatic amines is 1. The predicted molar refractivity (Wildman–Crippen MR) is 80.3 cm³/mol. The first-order valence-electron chi connectivity index (χ1n) is 6.64. The van der Waals surface area contributed by atoms with Crippen LogP contribution in [0.4, 0.5) is 0 Å². The lowest BCUT2D eigenvalue weighted by Gasteiger charge is -2.08. The smallest absolute Gasteiger partial charge is 0.211 e. The van der Waals surface area contributed by atoms with Crippen LogP contribution in [0, 0.1) is 5.92 Å². The minimum Gasteiger partial charge on any atom is -0.508 e. The molecule has 0 saturated heterocycles. The molecule has 1 heterocycles. The number of H-pyrrole nitrogens is 1. The van der Waals surface area contributed by atoms with E-state index in [-0.39, 0.29) is 17.4 Å². The molecule has 0 fully saturated rings. The van der Waals surface area contributed by atoms with E-state index in [1.807, 2.05) is 20.0 Å². The summed E-state index contributed by atoms with van der Waals surface area (Å²) in [4.78, 5) is 3.11. The minimum absolute atomic E-state index is 0.109. The molecule has 0 aliphatic carbocycles. The Kier molecular flexibility index (Phi) is 4.35. The van der Waals surface area contributed by atoms with Crippen LogP contribution in [0.1, 0.15) is 19.4 Å². The average Bonchev–Trinajstić information content (AvgIpc) is 2.70. The third-order valence-corrected chi connectivity index (χ3v) is 4.77. The van der Waals surface area contributed by atoms with Crippen LogP contribution < -0.4 is 4.72 Å². The second-order valence-corrected chi connectivity index (χ2v) is 7.21. The van der Waals surface area contributed by atoms with Crippen LogP contribution in [-0.4, -0.2) is 30.8 Å². The second kappa shape index (κ2) is 5.85. The molecule has 0 unspecified atom stereocenters. The number of rotatable bonds is 6. The number of phenolic OH excluding ortho intramolecular Hbond substituents is 1. The fourth-order valence-electron chi connectivity index (χ4n) is 2.21. The van der Waals surface area contributed by atoms with Crippen molar-refractivity contribution in [3.63, 3.8) is 0 Å². The number of hydrogen-bond donors (Lipinski definition) is 3. The maximum atomic E-state index is 11.7. The number of fused-ring (bicyclic) bond motifs is 1. The third kappa shape index (κ3) is 3.74. The molecule has 110 valence electrons. The van der Waals surface area contributed by atoms with E-state index < -0.39 is 10.0 Å². The van der Waals surface area contributed by atoms with Crippen LogP contribution >= 0.6 is 0 Å². The van der Waals surface area contributed by atoms with Gasteiger partial charge in [-0.05, 0) is 36.1 Å². The number of nitrogens with one attached hydrogen (secondary N) is 2. The molecule has 20 heavy (non-hydrogen) atoms. The summed E-state index contributed by atoms with van der Waals surface area (Å²) >= 11 is 0.